The van der Waals surface area contributed by atoms with E-state index in [1.807, 2.05) is 54.6 Å². The van der Waals surface area contributed by atoms with Crippen LogP contribution in [0, 0.1) is 0 Å². The van der Waals surface area contributed by atoms with Crippen LogP contribution >= 0.6 is 22.9 Å². The number of H-pyrrole nitrogens is 1. The quantitative estimate of drug-likeness (QED) is 0.248. The van der Waals surface area contributed by atoms with E-state index in [9.17, 15) is 13.2 Å². The minimum Gasteiger partial charge on any atom is -0.479 e. The molecule has 0 bridgehead atoms. The Morgan fingerprint density at radius 3 is 2.62 bits per heavy atom. The number of nitrogens with one attached hydrogen (secondary N) is 2. The van der Waals surface area contributed by atoms with Crippen molar-refractivity contribution < 1.29 is 23.1 Å². The Balaban J connectivity index is 1.28. The molecular formula is C25H25ClN6O5S2. The monoisotopic (exact) mass is 588 g/mol. The number of anilines is 1. The standard InChI is InChI=1S/C25H25ClN6O5S2/c26-21-22(37-14-20(33)34)24(25-28-30-31-29-25)38-23(21)17-7-4-8-19(13-17)27-18-9-11-32(12-10-18)39(35,36)15-16-5-2-1-3-6-16/h1-8,13,18,27H,9-12,14-15H2,(H,33,34)(H,28,29,30,31). The summed E-state index contributed by atoms with van der Waals surface area (Å²) in [5.74, 6) is -0.706. The van der Waals surface area contributed by atoms with Crippen molar-refractivity contribution in [3.63, 3.8) is 0 Å². The van der Waals surface area contributed by atoms with E-state index >= 15 is 0 Å². The number of sulfonamides is 1. The Labute approximate surface area is 233 Å². The van der Waals surface area contributed by atoms with E-state index < -0.39 is 22.6 Å². The molecule has 14 heteroatoms. The molecule has 0 atom stereocenters. The molecule has 5 rings (SSSR count). The van der Waals surface area contributed by atoms with Gasteiger partial charge in [-0.1, -0.05) is 54.1 Å². The first-order chi connectivity index (χ1) is 18.8. The Hall–Kier alpha value is -3.52. The number of hydrogen-bond donors (Lipinski definition) is 3. The number of tetrazole rings is 1. The lowest BCUT2D eigenvalue weighted by molar-refractivity contribution is -0.139. The Morgan fingerprint density at radius 1 is 1.15 bits per heavy atom. The third kappa shape index (κ3) is 6.38. The lowest BCUT2D eigenvalue weighted by Gasteiger charge is -2.32. The van der Waals surface area contributed by atoms with Crippen molar-refractivity contribution in [2.75, 3.05) is 25.0 Å². The van der Waals surface area contributed by atoms with Gasteiger partial charge in [-0.2, -0.15) is 5.21 Å². The summed E-state index contributed by atoms with van der Waals surface area (Å²) >= 11 is 7.92. The maximum Gasteiger partial charge on any atom is 0.341 e. The van der Waals surface area contributed by atoms with E-state index in [1.54, 1.807) is 4.31 Å². The summed E-state index contributed by atoms with van der Waals surface area (Å²) in [6, 6.07) is 17.0. The predicted molar refractivity (Wildman–Crippen MR) is 148 cm³/mol. The Bertz CT molecular complexity index is 1540. The van der Waals surface area contributed by atoms with Gasteiger partial charge in [0.25, 0.3) is 0 Å². The van der Waals surface area contributed by atoms with E-state index in [2.05, 4.69) is 25.9 Å². The van der Waals surface area contributed by atoms with Crippen LogP contribution < -0.4 is 10.1 Å². The average molecular weight is 589 g/mol. The molecule has 1 saturated heterocycles. The van der Waals surface area contributed by atoms with Crippen molar-refractivity contribution in [3.8, 4) is 26.9 Å². The van der Waals surface area contributed by atoms with E-state index in [1.165, 1.54) is 11.3 Å². The van der Waals surface area contributed by atoms with Crippen LogP contribution in [0.25, 0.3) is 21.1 Å². The smallest absolute Gasteiger partial charge is 0.341 e. The van der Waals surface area contributed by atoms with Crippen LogP contribution in [0.3, 0.4) is 0 Å². The predicted octanol–water partition coefficient (Wildman–Crippen LogP) is 4.12. The number of carboxylic acid groups (broad SMARTS) is 1. The number of hydrogen-bond acceptors (Lipinski definition) is 9. The van der Waals surface area contributed by atoms with Crippen LogP contribution in [0.15, 0.2) is 54.6 Å². The highest BCUT2D eigenvalue weighted by Gasteiger charge is 2.28. The molecule has 0 aliphatic carbocycles. The van der Waals surface area contributed by atoms with Gasteiger partial charge in [0, 0.05) is 24.8 Å². The third-order valence-corrected chi connectivity index (χ3v) is 9.77. The summed E-state index contributed by atoms with van der Waals surface area (Å²) in [5, 5.41) is 26.8. The van der Waals surface area contributed by atoms with Crippen molar-refractivity contribution in [3.05, 3.63) is 65.2 Å². The first kappa shape index (κ1) is 27.1. The molecule has 0 radical (unpaired) electrons. The van der Waals surface area contributed by atoms with E-state index in [4.69, 9.17) is 21.4 Å². The summed E-state index contributed by atoms with van der Waals surface area (Å²) in [7, 11) is -3.38. The first-order valence-electron chi connectivity index (χ1n) is 12.1. The Morgan fingerprint density at radius 2 is 1.92 bits per heavy atom. The lowest BCUT2D eigenvalue weighted by atomic mass is 10.1. The number of carboxylic acids is 1. The number of rotatable bonds is 10. The fourth-order valence-corrected chi connectivity index (χ4v) is 7.45. The number of aromatic amines is 1. The molecule has 1 aliphatic rings. The van der Waals surface area contributed by atoms with Crippen LogP contribution in [-0.4, -0.2) is 70.2 Å². The normalized spacial score (nSPS) is 14.8. The van der Waals surface area contributed by atoms with Crippen LogP contribution in [0.4, 0.5) is 5.69 Å². The summed E-state index contributed by atoms with van der Waals surface area (Å²) in [6.45, 7) is 0.325. The number of ether oxygens (including phenoxy) is 1. The zero-order valence-corrected chi connectivity index (χ0v) is 23.0. The van der Waals surface area contributed by atoms with Gasteiger partial charge in [-0.05, 0) is 41.3 Å². The number of halogens is 1. The maximum atomic E-state index is 12.9. The number of nitrogens with zero attached hydrogens (tertiary/aromatic N) is 4. The van der Waals surface area contributed by atoms with E-state index in [0.29, 0.717) is 35.7 Å². The largest absolute Gasteiger partial charge is 0.479 e. The van der Waals surface area contributed by atoms with Crippen molar-refractivity contribution in [2.24, 2.45) is 0 Å². The molecule has 11 nitrogen and oxygen atoms in total. The van der Waals surface area contributed by atoms with E-state index in [0.717, 1.165) is 16.8 Å². The molecule has 2 aromatic carbocycles. The van der Waals surface area contributed by atoms with Gasteiger partial charge < -0.3 is 15.2 Å². The summed E-state index contributed by atoms with van der Waals surface area (Å²) in [6.07, 6.45) is 1.35. The van der Waals surface area contributed by atoms with Gasteiger partial charge in [-0.3, -0.25) is 0 Å². The zero-order chi connectivity index (χ0) is 27.4. The van der Waals surface area contributed by atoms with Crippen LogP contribution in [0.5, 0.6) is 5.75 Å². The molecule has 204 valence electrons. The van der Waals surface area contributed by atoms with Gasteiger partial charge in [0.15, 0.2) is 12.4 Å². The minimum absolute atomic E-state index is 0.000428. The topological polar surface area (TPSA) is 150 Å². The van der Waals surface area contributed by atoms with Crippen molar-refractivity contribution in [2.45, 2.75) is 24.6 Å². The second-order valence-electron chi connectivity index (χ2n) is 8.96. The second kappa shape index (κ2) is 11.7. The van der Waals surface area contributed by atoms with Gasteiger partial charge in [0.05, 0.1) is 10.6 Å². The average Bonchev–Trinajstić information content (AvgIpc) is 3.56. The highest BCUT2D eigenvalue weighted by molar-refractivity contribution is 7.88. The minimum atomic E-state index is -3.38. The maximum absolute atomic E-state index is 12.9. The van der Waals surface area contributed by atoms with Crippen molar-refractivity contribution in [1.29, 1.82) is 0 Å². The molecule has 4 aromatic rings. The highest BCUT2D eigenvalue weighted by Crippen LogP contribution is 2.49. The van der Waals surface area contributed by atoms with Crippen molar-refractivity contribution in [1.82, 2.24) is 24.9 Å². The van der Waals surface area contributed by atoms with Gasteiger partial charge >= 0.3 is 5.97 Å². The SMILES string of the molecule is O=C(O)COc1c(-c2nn[nH]n2)sc(-c2cccc(NC3CCN(S(=O)(=O)Cc4ccccc4)CC3)c2)c1Cl. The molecule has 1 aliphatic heterocycles. The Kier molecular flexibility index (Phi) is 8.12. The fourth-order valence-electron chi connectivity index (χ4n) is 4.39. The number of benzene rings is 2. The molecule has 0 unspecified atom stereocenters. The molecule has 2 aromatic heterocycles. The number of piperidine rings is 1. The molecule has 1 fully saturated rings. The first-order valence-corrected chi connectivity index (χ1v) is 14.9. The number of thiophene rings is 1. The van der Waals surface area contributed by atoms with Gasteiger partial charge in [0.2, 0.25) is 15.8 Å². The third-order valence-electron chi connectivity index (χ3n) is 6.23. The van der Waals surface area contributed by atoms with Crippen LogP contribution in [-0.2, 0) is 20.6 Å². The van der Waals surface area contributed by atoms with Gasteiger partial charge in [-0.25, -0.2) is 17.5 Å². The van der Waals surface area contributed by atoms with E-state index in [-0.39, 0.29) is 28.4 Å². The molecule has 0 saturated carbocycles. The number of carbonyl (C=O) groups is 1. The summed E-state index contributed by atoms with van der Waals surface area (Å²) in [5.41, 5.74) is 2.44. The van der Waals surface area contributed by atoms with Crippen LogP contribution in [0.1, 0.15) is 18.4 Å². The molecule has 3 N–H and O–H groups in total. The summed E-state index contributed by atoms with van der Waals surface area (Å²) in [4.78, 5) is 12.2. The lowest BCUT2D eigenvalue weighted by Crippen LogP contribution is -2.42. The van der Waals surface area contributed by atoms with Crippen molar-refractivity contribution >= 4 is 44.6 Å². The fraction of sp³-hybridized carbons (Fsp3) is 0.280. The molecule has 3 heterocycles. The zero-order valence-electron chi connectivity index (χ0n) is 20.6. The number of aliphatic carboxylic acids is 1. The number of aromatic nitrogens is 4. The second-order valence-corrected chi connectivity index (χ2v) is 12.3. The van der Waals surface area contributed by atoms with Gasteiger partial charge in [0.1, 0.15) is 9.90 Å². The molecule has 0 spiro atoms. The van der Waals surface area contributed by atoms with Gasteiger partial charge in [-0.15, -0.1) is 21.5 Å². The highest BCUT2D eigenvalue weighted by atomic mass is 35.5. The van der Waals surface area contributed by atoms with Crippen LogP contribution in [0.2, 0.25) is 5.02 Å². The molecular weight excluding hydrogens is 564 g/mol. The molecule has 39 heavy (non-hydrogen) atoms. The summed E-state index contributed by atoms with van der Waals surface area (Å²) < 4.78 is 32.8. The molecule has 0 amide bonds.